The van der Waals surface area contributed by atoms with Gasteiger partial charge in [-0.05, 0) is 80.9 Å². The van der Waals surface area contributed by atoms with Crippen molar-refractivity contribution in [2.75, 3.05) is 0 Å². The van der Waals surface area contributed by atoms with E-state index in [9.17, 15) is 0 Å². The van der Waals surface area contributed by atoms with Crippen molar-refractivity contribution in [3.8, 4) is 101 Å². The predicted molar refractivity (Wildman–Crippen MR) is 247 cm³/mol. The maximum atomic E-state index is 5.28. The summed E-state index contributed by atoms with van der Waals surface area (Å²) in [7, 11) is 0. The summed E-state index contributed by atoms with van der Waals surface area (Å²) in [5.74, 6) is 0.888. The molecule has 0 bridgehead atoms. The van der Waals surface area contributed by atoms with Crippen molar-refractivity contribution in [2.24, 2.45) is 0 Å². The highest BCUT2D eigenvalue weighted by atomic mass is 15.0. The van der Waals surface area contributed by atoms with Crippen molar-refractivity contribution >= 4 is 0 Å². The summed E-state index contributed by atoms with van der Waals surface area (Å²) in [4.78, 5) is 21.1. The van der Waals surface area contributed by atoms with E-state index in [1.165, 1.54) is 0 Å². The molecule has 60 heavy (non-hydrogen) atoms. The van der Waals surface area contributed by atoms with Gasteiger partial charge in [0.2, 0.25) is 0 Å². The first-order valence-corrected chi connectivity index (χ1v) is 20.1. The second kappa shape index (κ2) is 16.4. The van der Waals surface area contributed by atoms with Crippen molar-refractivity contribution in [2.45, 2.75) is 0 Å². The normalized spacial score (nSPS) is 11.0. The van der Waals surface area contributed by atoms with E-state index in [0.29, 0.717) is 11.6 Å². The Labute approximate surface area is 350 Å². The van der Waals surface area contributed by atoms with Gasteiger partial charge in [-0.15, -0.1) is 0 Å². The van der Waals surface area contributed by atoms with Crippen LogP contribution in [0.3, 0.4) is 0 Å². The molecule has 2 aromatic heterocycles. The molecule has 0 atom stereocenters. The van der Waals surface area contributed by atoms with Gasteiger partial charge in [0.25, 0.3) is 0 Å². The Morgan fingerprint density at radius 1 is 0.167 bits per heavy atom. The van der Waals surface area contributed by atoms with E-state index >= 15 is 0 Å². The maximum absolute atomic E-state index is 5.28. The molecule has 2 heterocycles. The summed E-state index contributed by atoms with van der Waals surface area (Å²) < 4.78 is 0. The number of hydrogen-bond donors (Lipinski definition) is 0. The van der Waals surface area contributed by atoms with Crippen LogP contribution < -0.4 is 0 Å². The summed E-state index contributed by atoms with van der Waals surface area (Å²) in [6.07, 6.45) is 0. The van der Waals surface area contributed by atoms with Gasteiger partial charge in [0, 0.05) is 22.3 Å². The summed E-state index contributed by atoms with van der Waals surface area (Å²) in [5, 5.41) is 0. The number of hydrogen-bond acceptors (Lipinski definition) is 4. The zero-order valence-electron chi connectivity index (χ0n) is 32.7. The molecule has 0 saturated carbocycles. The monoisotopic (exact) mass is 766 g/mol. The largest absolute Gasteiger partial charge is 0.225 e. The molecule has 0 aliphatic heterocycles. The molecule has 0 aliphatic carbocycles. The van der Waals surface area contributed by atoms with Crippen LogP contribution in [0.25, 0.3) is 101 Å². The van der Waals surface area contributed by atoms with Gasteiger partial charge >= 0.3 is 0 Å². The molecular formula is C56H38N4. The number of benzene rings is 8. The molecule has 282 valence electrons. The van der Waals surface area contributed by atoms with Gasteiger partial charge in [0.1, 0.15) is 0 Å². The van der Waals surface area contributed by atoms with Gasteiger partial charge in [-0.2, -0.15) is 0 Å². The molecule has 0 amide bonds. The van der Waals surface area contributed by atoms with Gasteiger partial charge < -0.3 is 0 Å². The number of rotatable bonds is 9. The smallest absolute Gasteiger partial charge is 0.198 e. The summed E-state index contributed by atoms with van der Waals surface area (Å²) in [5.41, 5.74) is 16.0. The van der Waals surface area contributed by atoms with E-state index in [4.69, 9.17) is 19.9 Å². The first-order valence-electron chi connectivity index (χ1n) is 20.1. The van der Waals surface area contributed by atoms with Crippen LogP contribution in [0.2, 0.25) is 0 Å². The molecule has 0 N–H and O–H groups in total. The zero-order valence-corrected chi connectivity index (χ0v) is 32.7. The van der Waals surface area contributed by atoms with E-state index in [0.717, 1.165) is 89.5 Å². The van der Waals surface area contributed by atoms with Crippen LogP contribution in [0, 0.1) is 0 Å². The Morgan fingerprint density at radius 2 is 0.367 bits per heavy atom. The summed E-state index contributed by atoms with van der Waals surface area (Å²) >= 11 is 0. The van der Waals surface area contributed by atoms with Crippen LogP contribution in [-0.2, 0) is 0 Å². The van der Waals surface area contributed by atoms with Gasteiger partial charge in [-0.3, -0.25) is 0 Å². The van der Waals surface area contributed by atoms with Crippen LogP contribution in [0.1, 0.15) is 0 Å². The quantitative estimate of drug-likeness (QED) is 0.147. The third-order valence-corrected chi connectivity index (χ3v) is 10.7. The molecule has 0 fully saturated rings. The number of aromatic nitrogens is 4. The van der Waals surface area contributed by atoms with Gasteiger partial charge in [-0.25, -0.2) is 19.9 Å². The molecule has 10 rings (SSSR count). The minimum absolute atomic E-state index is 0.444. The number of nitrogens with zero attached hydrogens (tertiary/aromatic N) is 4. The van der Waals surface area contributed by atoms with E-state index in [-0.39, 0.29) is 0 Å². The van der Waals surface area contributed by atoms with E-state index in [1.807, 2.05) is 24.3 Å². The van der Waals surface area contributed by atoms with Gasteiger partial charge in [-0.1, -0.05) is 194 Å². The van der Waals surface area contributed by atoms with Crippen LogP contribution in [0.5, 0.6) is 0 Å². The van der Waals surface area contributed by atoms with Crippen LogP contribution in [0.15, 0.2) is 231 Å². The highest BCUT2D eigenvalue weighted by molar-refractivity contribution is 5.80. The second-order valence-electron chi connectivity index (χ2n) is 14.7. The molecule has 4 heteroatoms. The van der Waals surface area contributed by atoms with Crippen molar-refractivity contribution in [3.05, 3.63) is 231 Å². The Balaban J connectivity index is 1.17. The van der Waals surface area contributed by atoms with E-state index in [1.54, 1.807) is 0 Å². The Bertz CT molecular complexity index is 2660. The molecule has 0 unspecified atom stereocenters. The third kappa shape index (κ3) is 7.78. The first-order chi connectivity index (χ1) is 29.7. The molecule has 0 radical (unpaired) electrons. The SMILES string of the molecule is c1ccc(-c2cccc(-c3cc(-c4cccc(-c5ccccc5)c4)nc(-c4nc(-c5cccc(-c6ccccc6)c5)cc(-c5cccc(-c6ccccc6)c5)n4)n3)c2)cc1. The minimum Gasteiger partial charge on any atom is -0.225 e. The molecule has 0 saturated heterocycles. The lowest BCUT2D eigenvalue weighted by Gasteiger charge is -2.13. The van der Waals surface area contributed by atoms with Crippen LogP contribution in [0.4, 0.5) is 0 Å². The fraction of sp³-hybridized carbons (Fsp3) is 0. The fourth-order valence-corrected chi connectivity index (χ4v) is 7.64. The van der Waals surface area contributed by atoms with Crippen molar-refractivity contribution in [1.29, 1.82) is 0 Å². The molecular weight excluding hydrogens is 729 g/mol. The Kier molecular flexibility index (Phi) is 9.92. The Hall–Kier alpha value is -8.08. The maximum Gasteiger partial charge on any atom is 0.198 e. The van der Waals surface area contributed by atoms with Crippen LogP contribution in [-0.4, -0.2) is 19.9 Å². The lowest BCUT2D eigenvalue weighted by molar-refractivity contribution is 1.09. The molecule has 0 aliphatic rings. The average molecular weight is 767 g/mol. The topological polar surface area (TPSA) is 51.6 Å². The highest BCUT2D eigenvalue weighted by Gasteiger charge is 2.18. The fourth-order valence-electron chi connectivity index (χ4n) is 7.64. The van der Waals surface area contributed by atoms with Gasteiger partial charge in [0.05, 0.1) is 22.8 Å². The lowest BCUT2D eigenvalue weighted by Crippen LogP contribution is -2.02. The molecule has 4 nitrogen and oxygen atoms in total. The van der Waals surface area contributed by atoms with E-state index in [2.05, 4.69) is 206 Å². The summed E-state index contributed by atoms with van der Waals surface area (Å²) in [6.45, 7) is 0. The lowest BCUT2D eigenvalue weighted by atomic mass is 9.99. The van der Waals surface area contributed by atoms with E-state index < -0.39 is 0 Å². The predicted octanol–water partition coefficient (Wildman–Crippen LogP) is 14.3. The molecule has 10 aromatic rings. The second-order valence-corrected chi connectivity index (χ2v) is 14.7. The summed E-state index contributed by atoms with van der Waals surface area (Å²) in [6, 6.07) is 80.0. The minimum atomic E-state index is 0.444. The Morgan fingerprint density at radius 3 is 0.600 bits per heavy atom. The van der Waals surface area contributed by atoms with Gasteiger partial charge in [0.15, 0.2) is 11.6 Å². The first kappa shape index (κ1) is 36.3. The van der Waals surface area contributed by atoms with Crippen molar-refractivity contribution < 1.29 is 0 Å². The zero-order chi connectivity index (χ0) is 40.1. The molecule has 0 spiro atoms. The van der Waals surface area contributed by atoms with Crippen molar-refractivity contribution in [3.63, 3.8) is 0 Å². The average Bonchev–Trinajstić information content (AvgIpc) is 3.35. The van der Waals surface area contributed by atoms with Crippen LogP contribution >= 0.6 is 0 Å². The third-order valence-electron chi connectivity index (χ3n) is 10.7. The molecule has 8 aromatic carbocycles. The highest BCUT2D eigenvalue weighted by Crippen LogP contribution is 2.35. The standard InChI is InChI=1S/C56H38N4/c1-5-17-39(18-6-1)43-25-13-29-47(33-43)51-37-52(48-30-14-26-44(34-48)40-19-7-2-8-20-40)58-55(57-51)56-59-53(49-31-15-27-45(35-49)41-21-9-3-10-22-41)38-54(60-56)50-32-16-28-46(36-50)42-23-11-4-12-24-42/h1-38H. The van der Waals surface area contributed by atoms with Crippen molar-refractivity contribution in [1.82, 2.24) is 19.9 Å².